The van der Waals surface area contributed by atoms with Gasteiger partial charge in [0.05, 0.1) is 17.4 Å². The Kier molecular flexibility index (Phi) is 6.83. The first-order chi connectivity index (χ1) is 14.5. The molecule has 1 aromatic heterocycles. The van der Waals surface area contributed by atoms with Gasteiger partial charge in [0.1, 0.15) is 0 Å². The molecule has 9 heteroatoms. The van der Waals surface area contributed by atoms with Crippen molar-refractivity contribution in [3.8, 4) is 17.5 Å². The zero-order valence-corrected chi connectivity index (χ0v) is 17.4. The Hall–Kier alpha value is -3.64. The molecule has 0 saturated heterocycles. The van der Waals surface area contributed by atoms with Gasteiger partial charge in [-0.2, -0.15) is 5.26 Å². The number of nitrogens with zero attached hydrogens (tertiary/aromatic N) is 4. The summed E-state index contributed by atoms with van der Waals surface area (Å²) in [6.45, 7) is 4.07. The summed E-state index contributed by atoms with van der Waals surface area (Å²) in [5.74, 6) is 0.516. The van der Waals surface area contributed by atoms with Crippen LogP contribution in [-0.2, 0) is 16.1 Å². The van der Waals surface area contributed by atoms with E-state index in [0.717, 1.165) is 5.56 Å². The van der Waals surface area contributed by atoms with E-state index in [4.69, 9.17) is 5.26 Å². The minimum atomic E-state index is -0.176. The molecule has 0 aliphatic rings. The average molecular weight is 420 g/mol. The van der Waals surface area contributed by atoms with Crippen molar-refractivity contribution in [2.45, 2.75) is 25.5 Å². The molecule has 152 valence electrons. The van der Waals surface area contributed by atoms with Crippen LogP contribution in [0.2, 0.25) is 0 Å². The van der Waals surface area contributed by atoms with Crippen molar-refractivity contribution >= 4 is 35.0 Å². The molecule has 0 radical (unpaired) electrons. The van der Waals surface area contributed by atoms with Crippen LogP contribution in [0.3, 0.4) is 0 Å². The van der Waals surface area contributed by atoms with Crippen LogP contribution in [0.5, 0.6) is 0 Å². The van der Waals surface area contributed by atoms with Gasteiger partial charge in [0.2, 0.25) is 11.8 Å². The molecule has 0 bridgehead atoms. The average Bonchev–Trinajstić information content (AvgIpc) is 3.15. The molecule has 0 aliphatic heterocycles. The first-order valence-corrected chi connectivity index (χ1v) is 10.2. The van der Waals surface area contributed by atoms with Gasteiger partial charge in [0.15, 0.2) is 11.0 Å². The molecular formula is C21H20N6O2S. The van der Waals surface area contributed by atoms with Crippen LogP contribution in [0.15, 0.2) is 53.7 Å². The number of rotatable bonds is 7. The molecule has 2 N–H and O–H groups in total. The Morgan fingerprint density at radius 1 is 1.10 bits per heavy atom. The number of anilines is 2. The van der Waals surface area contributed by atoms with Crippen LogP contribution in [0.25, 0.3) is 11.4 Å². The molecule has 3 aromatic rings. The van der Waals surface area contributed by atoms with Crippen molar-refractivity contribution in [1.82, 2.24) is 14.8 Å². The lowest BCUT2D eigenvalue weighted by molar-refractivity contribution is -0.114. The van der Waals surface area contributed by atoms with Crippen LogP contribution < -0.4 is 10.6 Å². The molecule has 0 aliphatic carbocycles. The number of amides is 2. The summed E-state index contributed by atoms with van der Waals surface area (Å²) >= 11 is 1.29. The number of nitriles is 1. The standard InChI is InChI=1S/C21H20N6O2S/c1-3-27-20(16-5-4-6-18(11-16)23-14(2)28)25-26-21(27)30-13-19(29)24-17-9-7-15(12-22)8-10-17/h4-11H,3,13H2,1-2H3,(H,23,28)(H,24,29). The molecule has 1 heterocycles. The number of benzene rings is 2. The number of thioether (sulfide) groups is 1. The van der Waals surface area contributed by atoms with Crippen molar-refractivity contribution in [2.24, 2.45) is 0 Å². The van der Waals surface area contributed by atoms with E-state index < -0.39 is 0 Å². The van der Waals surface area contributed by atoms with Crippen LogP contribution in [0.1, 0.15) is 19.4 Å². The van der Waals surface area contributed by atoms with Gasteiger partial charge in [-0.1, -0.05) is 23.9 Å². The summed E-state index contributed by atoms with van der Waals surface area (Å²) in [6, 6.07) is 16.1. The smallest absolute Gasteiger partial charge is 0.234 e. The van der Waals surface area contributed by atoms with E-state index in [1.165, 1.54) is 18.7 Å². The Morgan fingerprint density at radius 2 is 1.87 bits per heavy atom. The van der Waals surface area contributed by atoms with E-state index in [0.29, 0.717) is 34.5 Å². The van der Waals surface area contributed by atoms with Gasteiger partial charge in [-0.15, -0.1) is 10.2 Å². The molecule has 0 saturated carbocycles. The molecule has 0 spiro atoms. The quantitative estimate of drug-likeness (QED) is 0.566. The third-order valence-electron chi connectivity index (χ3n) is 4.10. The Morgan fingerprint density at radius 3 is 2.53 bits per heavy atom. The number of nitrogens with one attached hydrogen (secondary N) is 2. The lowest BCUT2D eigenvalue weighted by Crippen LogP contribution is -2.14. The molecular weight excluding hydrogens is 400 g/mol. The Labute approximate surface area is 178 Å². The van der Waals surface area contributed by atoms with Gasteiger partial charge < -0.3 is 15.2 Å². The predicted octanol–water partition coefficient (Wildman–Crippen LogP) is 3.53. The summed E-state index contributed by atoms with van der Waals surface area (Å²) < 4.78 is 1.92. The topological polar surface area (TPSA) is 113 Å². The fraction of sp³-hybridized carbons (Fsp3) is 0.190. The summed E-state index contributed by atoms with van der Waals surface area (Å²) in [6.07, 6.45) is 0. The Balaban J connectivity index is 1.69. The molecule has 2 amide bonds. The second-order valence-corrected chi connectivity index (χ2v) is 7.28. The molecule has 0 unspecified atom stereocenters. The maximum atomic E-state index is 12.3. The van der Waals surface area contributed by atoms with Crippen molar-refractivity contribution in [2.75, 3.05) is 16.4 Å². The summed E-state index contributed by atoms with van der Waals surface area (Å²) in [4.78, 5) is 23.6. The summed E-state index contributed by atoms with van der Waals surface area (Å²) in [7, 11) is 0. The van der Waals surface area contributed by atoms with Crippen molar-refractivity contribution in [3.63, 3.8) is 0 Å². The second-order valence-electron chi connectivity index (χ2n) is 6.34. The normalized spacial score (nSPS) is 10.3. The molecule has 2 aromatic carbocycles. The highest BCUT2D eigenvalue weighted by atomic mass is 32.2. The molecule has 8 nitrogen and oxygen atoms in total. The fourth-order valence-corrected chi connectivity index (χ4v) is 3.59. The molecule has 30 heavy (non-hydrogen) atoms. The highest BCUT2D eigenvalue weighted by Crippen LogP contribution is 2.26. The van der Waals surface area contributed by atoms with Gasteiger partial charge in [0.25, 0.3) is 0 Å². The SMILES string of the molecule is CCn1c(SCC(=O)Nc2ccc(C#N)cc2)nnc1-c1cccc(NC(C)=O)c1. The lowest BCUT2D eigenvalue weighted by atomic mass is 10.2. The summed E-state index contributed by atoms with van der Waals surface area (Å²) in [5, 5.41) is 23.5. The summed E-state index contributed by atoms with van der Waals surface area (Å²) in [5.41, 5.74) is 2.67. The first-order valence-electron chi connectivity index (χ1n) is 9.24. The van der Waals surface area contributed by atoms with Gasteiger partial charge in [-0.05, 0) is 43.3 Å². The maximum Gasteiger partial charge on any atom is 0.234 e. The molecule has 0 atom stereocenters. The Bertz CT molecular complexity index is 1100. The van der Waals surface area contributed by atoms with Crippen molar-refractivity contribution < 1.29 is 9.59 Å². The molecule has 3 rings (SSSR count). The van der Waals surface area contributed by atoms with Gasteiger partial charge >= 0.3 is 0 Å². The number of hydrogen-bond acceptors (Lipinski definition) is 6. The van der Waals surface area contributed by atoms with Crippen LogP contribution >= 0.6 is 11.8 Å². The van der Waals surface area contributed by atoms with Crippen LogP contribution in [0.4, 0.5) is 11.4 Å². The van der Waals surface area contributed by atoms with E-state index in [-0.39, 0.29) is 17.6 Å². The largest absolute Gasteiger partial charge is 0.326 e. The van der Waals surface area contributed by atoms with Gasteiger partial charge in [-0.3, -0.25) is 9.59 Å². The zero-order valence-electron chi connectivity index (χ0n) is 16.5. The lowest BCUT2D eigenvalue weighted by Gasteiger charge is -2.09. The third kappa shape index (κ3) is 5.24. The maximum absolute atomic E-state index is 12.3. The van der Waals surface area contributed by atoms with Crippen LogP contribution in [-0.4, -0.2) is 32.3 Å². The predicted molar refractivity (Wildman–Crippen MR) is 116 cm³/mol. The highest BCUT2D eigenvalue weighted by molar-refractivity contribution is 7.99. The van der Waals surface area contributed by atoms with Crippen molar-refractivity contribution in [3.05, 3.63) is 54.1 Å². The van der Waals surface area contributed by atoms with Gasteiger partial charge in [0, 0.05) is 30.4 Å². The zero-order chi connectivity index (χ0) is 21.5. The number of carbonyl (C=O) groups is 2. The minimum Gasteiger partial charge on any atom is -0.326 e. The van der Waals surface area contributed by atoms with E-state index in [1.54, 1.807) is 30.3 Å². The van der Waals surface area contributed by atoms with E-state index in [2.05, 4.69) is 20.8 Å². The number of aromatic nitrogens is 3. The fourth-order valence-electron chi connectivity index (χ4n) is 2.79. The second kappa shape index (κ2) is 9.71. The van der Waals surface area contributed by atoms with Crippen molar-refractivity contribution in [1.29, 1.82) is 5.26 Å². The van der Waals surface area contributed by atoms with Gasteiger partial charge in [-0.25, -0.2) is 0 Å². The van der Waals surface area contributed by atoms with E-state index >= 15 is 0 Å². The third-order valence-corrected chi connectivity index (χ3v) is 5.07. The highest BCUT2D eigenvalue weighted by Gasteiger charge is 2.15. The molecule has 0 fully saturated rings. The number of carbonyl (C=O) groups excluding carboxylic acids is 2. The van der Waals surface area contributed by atoms with E-state index in [9.17, 15) is 9.59 Å². The van der Waals surface area contributed by atoms with Crippen LogP contribution in [0, 0.1) is 11.3 Å². The minimum absolute atomic E-state index is 0.145. The number of hydrogen-bond donors (Lipinski definition) is 2. The van der Waals surface area contributed by atoms with E-state index in [1.807, 2.05) is 35.8 Å². The first kappa shape index (κ1) is 21.1. The monoisotopic (exact) mass is 420 g/mol.